The smallest absolute Gasteiger partial charge is 0.127 e. The summed E-state index contributed by atoms with van der Waals surface area (Å²) in [5, 5.41) is 15.4. The van der Waals surface area contributed by atoms with Gasteiger partial charge in [0.1, 0.15) is 5.82 Å². The van der Waals surface area contributed by atoms with Crippen molar-refractivity contribution in [1.29, 1.82) is 0 Å². The fraction of sp³-hybridized carbons (Fsp3) is 0.294. The molecular weight excluding hydrogens is 361 g/mol. The van der Waals surface area contributed by atoms with Gasteiger partial charge >= 0.3 is 0 Å². The number of nitrogens with one attached hydrogen (secondary N) is 3. The molecule has 6 nitrogen and oxygen atoms in total. The van der Waals surface area contributed by atoms with Crippen LogP contribution < -0.4 is 10.6 Å². The third-order valence-electron chi connectivity index (χ3n) is 4.20. The van der Waals surface area contributed by atoms with Crippen LogP contribution in [0.2, 0.25) is 10.0 Å². The molecule has 0 amide bonds. The zero-order valence-electron chi connectivity index (χ0n) is 13.4. The standard InChI is InChI=1S/C17H17Cl2N5O/c18-14-2-1-12-13(10-6-22-23-7-10)5-15(24-17(12)16(14)19)21-9-11-8-20-3-4-25-11/h1-2,5-7,11,20H,3-4,8-9H2,(H,21,24)(H,22,23). The molecule has 1 aromatic carbocycles. The van der Waals surface area contributed by atoms with Crippen LogP contribution in [0.4, 0.5) is 5.82 Å². The lowest BCUT2D eigenvalue weighted by molar-refractivity contribution is 0.0372. The molecule has 1 fully saturated rings. The third-order valence-corrected chi connectivity index (χ3v) is 4.99. The lowest BCUT2D eigenvalue weighted by atomic mass is 10.0. The second kappa shape index (κ2) is 7.17. The van der Waals surface area contributed by atoms with Crippen molar-refractivity contribution in [3.05, 3.63) is 40.6 Å². The number of fused-ring (bicyclic) bond motifs is 1. The maximum Gasteiger partial charge on any atom is 0.127 e. The highest BCUT2D eigenvalue weighted by Gasteiger charge is 2.16. The highest BCUT2D eigenvalue weighted by atomic mass is 35.5. The van der Waals surface area contributed by atoms with Gasteiger partial charge in [-0.05, 0) is 17.7 Å². The lowest BCUT2D eigenvalue weighted by Crippen LogP contribution is -2.42. The van der Waals surface area contributed by atoms with Gasteiger partial charge in [0.25, 0.3) is 0 Å². The number of rotatable bonds is 4. The van der Waals surface area contributed by atoms with Crippen LogP contribution in [-0.4, -0.2) is 47.5 Å². The Morgan fingerprint density at radius 3 is 3.00 bits per heavy atom. The summed E-state index contributed by atoms with van der Waals surface area (Å²) in [5.74, 6) is 0.724. The minimum absolute atomic E-state index is 0.110. The molecule has 8 heteroatoms. The zero-order valence-corrected chi connectivity index (χ0v) is 14.9. The third kappa shape index (κ3) is 3.43. The fourth-order valence-electron chi connectivity index (χ4n) is 2.93. The minimum Gasteiger partial charge on any atom is -0.374 e. The van der Waals surface area contributed by atoms with Gasteiger partial charge in [0.05, 0.1) is 34.5 Å². The van der Waals surface area contributed by atoms with Gasteiger partial charge in [-0.25, -0.2) is 4.98 Å². The molecule has 4 rings (SSSR count). The van der Waals surface area contributed by atoms with E-state index in [1.54, 1.807) is 12.3 Å². The molecule has 130 valence electrons. The van der Waals surface area contributed by atoms with Crippen LogP contribution in [0.5, 0.6) is 0 Å². The van der Waals surface area contributed by atoms with Crippen molar-refractivity contribution in [3.8, 4) is 11.1 Å². The Morgan fingerprint density at radius 2 is 2.24 bits per heavy atom. The SMILES string of the molecule is Clc1ccc2c(-c3cn[nH]c3)cc(NCC3CNCCO3)nc2c1Cl. The molecule has 3 N–H and O–H groups in total. The fourth-order valence-corrected chi connectivity index (χ4v) is 3.29. The van der Waals surface area contributed by atoms with Gasteiger partial charge < -0.3 is 15.4 Å². The normalized spacial score (nSPS) is 17.8. The van der Waals surface area contributed by atoms with Crippen LogP contribution in [-0.2, 0) is 4.74 Å². The van der Waals surface area contributed by atoms with Crippen LogP contribution >= 0.6 is 23.2 Å². The first kappa shape index (κ1) is 16.6. The maximum absolute atomic E-state index is 6.40. The molecule has 0 spiro atoms. The Kier molecular flexibility index (Phi) is 4.76. The van der Waals surface area contributed by atoms with Crippen LogP contribution in [0.15, 0.2) is 30.6 Å². The highest BCUT2D eigenvalue weighted by molar-refractivity contribution is 6.45. The van der Waals surface area contributed by atoms with Crippen LogP contribution in [0.3, 0.4) is 0 Å². The van der Waals surface area contributed by atoms with Crippen LogP contribution in [0.1, 0.15) is 0 Å². The number of benzene rings is 1. The van der Waals surface area contributed by atoms with E-state index in [0.29, 0.717) is 22.1 Å². The van der Waals surface area contributed by atoms with E-state index in [9.17, 15) is 0 Å². The van der Waals surface area contributed by atoms with E-state index < -0.39 is 0 Å². The molecule has 25 heavy (non-hydrogen) atoms. The second-order valence-electron chi connectivity index (χ2n) is 5.88. The molecule has 1 aliphatic heterocycles. The average Bonchev–Trinajstić information content (AvgIpc) is 3.18. The highest BCUT2D eigenvalue weighted by Crippen LogP contribution is 2.36. The van der Waals surface area contributed by atoms with E-state index in [0.717, 1.165) is 42.0 Å². The topological polar surface area (TPSA) is 74.9 Å². The van der Waals surface area contributed by atoms with E-state index in [2.05, 4.69) is 25.8 Å². The van der Waals surface area contributed by atoms with Crippen molar-refractivity contribution in [1.82, 2.24) is 20.5 Å². The molecule has 1 atom stereocenters. The number of ether oxygens (including phenoxy) is 1. The summed E-state index contributed by atoms with van der Waals surface area (Å²) < 4.78 is 5.72. The van der Waals surface area contributed by atoms with Gasteiger partial charge in [0, 0.05) is 36.8 Å². The van der Waals surface area contributed by atoms with Crippen molar-refractivity contribution in [2.75, 3.05) is 31.6 Å². The predicted octanol–water partition coefficient (Wildman–Crippen LogP) is 3.33. The average molecular weight is 378 g/mol. The first-order chi connectivity index (χ1) is 12.2. The Labute approximate surface area is 154 Å². The van der Waals surface area contributed by atoms with Crippen LogP contribution in [0.25, 0.3) is 22.0 Å². The Bertz CT molecular complexity index is 878. The Morgan fingerprint density at radius 1 is 1.32 bits per heavy atom. The molecule has 1 aliphatic rings. The first-order valence-electron chi connectivity index (χ1n) is 8.06. The van der Waals surface area contributed by atoms with Gasteiger partial charge in [-0.2, -0.15) is 5.10 Å². The quantitative estimate of drug-likeness (QED) is 0.650. The van der Waals surface area contributed by atoms with Gasteiger partial charge in [0.2, 0.25) is 0 Å². The van der Waals surface area contributed by atoms with E-state index in [4.69, 9.17) is 27.9 Å². The summed E-state index contributed by atoms with van der Waals surface area (Å²) in [5.41, 5.74) is 2.62. The number of aromatic amines is 1. The number of hydrogen-bond acceptors (Lipinski definition) is 5. The molecule has 2 aromatic heterocycles. The summed E-state index contributed by atoms with van der Waals surface area (Å²) in [6, 6.07) is 5.70. The van der Waals surface area contributed by atoms with Gasteiger partial charge in [-0.1, -0.05) is 29.3 Å². The number of nitrogens with zero attached hydrogens (tertiary/aromatic N) is 2. The van der Waals surface area contributed by atoms with E-state index in [1.807, 2.05) is 18.3 Å². The van der Waals surface area contributed by atoms with Crippen molar-refractivity contribution in [2.24, 2.45) is 0 Å². The van der Waals surface area contributed by atoms with E-state index in [-0.39, 0.29) is 6.10 Å². The molecule has 1 saturated heterocycles. The maximum atomic E-state index is 6.40. The van der Waals surface area contributed by atoms with Crippen molar-refractivity contribution in [3.63, 3.8) is 0 Å². The molecule has 0 aliphatic carbocycles. The molecule has 3 heterocycles. The predicted molar refractivity (Wildman–Crippen MR) is 100 cm³/mol. The largest absolute Gasteiger partial charge is 0.374 e. The Balaban J connectivity index is 1.72. The summed E-state index contributed by atoms with van der Waals surface area (Å²) in [6.07, 6.45) is 3.73. The van der Waals surface area contributed by atoms with E-state index >= 15 is 0 Å². The molecule has 0 radical (unpaired) electrons. The van der Waals surface area contributed by atoms with Gasteiger partial charge in [0.15, 0.2) is 0 Å². The summed E-state index contributed by atoms with van der Waals surface area (Å²) in [6.45, 7) is 3.10. The number of pyridine rings is 1. The van der Waals surface area contributed by atoms with Crippen molar-refractivity contribution < 1.29 is 4.74 Å². The number of morpholine rings is 1. The molecule has 0 bridgehead atoms. The zero-order chi connectivity index (χ0) is 17.2. The second-order valence-corrected chi connectivity index (χ2v) is 6.66. The summed E-state index contributed by atoms with van der Waals surface area (Å²) >= 11 is 12.6. The Hall–Kier alpha value is -1.86. The monoisotopic (exact) mass is 377 g/mol. The number of H-pyrrole nitrogens is 1. The summed E-state index contributed by atoms with van der Waals surface area (Å²) in [4.78, 5) is 4.66. The molecule has 0 saturated carbocycles. The number of anilines is 1. The minimum atomic E-state index is 0.110. The van der Waals surface area contributed by atoms with Crippen LogP contribution in [0, 0.1) is 0 Å². The molecular formula is C17H17Cl2N5O. The molecule has 3 aromatic rings. The molecule has 1 unspecified atom stereocenters. The van der Waals surface area contributed by atoms with Gasteiger partial charge in [-0.3, -0.25) is 5.10 Å². The first-order valence-corrected chi connectivity index (χ1v) is 8.82. The number of halogens is 2. The van der Waals surface area contributed by atoms with Gasteiger partial charge in [-0.15, -0.1) is 0 Å². The lowest BCUT2D eigenvalue weighted by Gasteiger charge is -2.24. The van der Waals surface area contributed by atoms with Crippen molar-refractivity contribution >= 4 is 39.9 Å². The number of hydrogen-bond donors (Lipinski definition) is 3. The van der Waals surface area contributed by atoms with Crippen molar-refractivity contribution in [2.45, 2.75) is 6.10 Å². The van der Waals surface area contributed by atoms with E-state index in [1.165, 1.54) is 0 Å². The number of aromatic nitrogens is 3. The summed E-state index contributed by atoms with van der Waals surface area (Å²) in [7, 11) is 0.